The van der Waals surface area contributed by atoms with E-state index in [0.29, 0.717) is 12.4 Å². The summed E-state index contributed by atoms with van der Waals surface area (Å²) < 4.78 is 11.0. The van der Waals surface area contributed by atoms with Gasteiger partial charge < -0.3 is 25.4 Å². The summed E-state index contributed by atoms with van der Waals surface area (Å²) in [4.78, 5) is 16.7. The minimum Gasteiger partial charge on any atom is -0.454 e. The monoisotopic (exact) mass is 422 g/mol. The first kappa shape index (κ1) is 21.0. The van der Waals surface area contributed by atoms with Crippen molar-refractivity contribution in [3.05, 3.63) is 59.2 Å². The minimum absolute atomic E-state index is 0.0667. The van der Waals surface area contributed by atoms with E-state index in [1.54, 1.807) is 7.05 Å². The number of carbonyl (C=O) groups excluding carboxylic acids is 1. The molecule has 7 heteroatoms. The molecule has 1 amide bonds. The summed E-state index contributed by atoms with van der Waals surface area (Å²) in [5, 5.41) is 9.42. The zero-order chi connectivity index (χ0) is 21.7. The summed E-state index contributed by atoms with van der Waals surface area (Å²) in [7, 11) is 1.64. The lowest BCUT2D eigenvalue weighted by atomic mass is 9.96. The second-order valence-electron chi connectivity index (χ2n) is 8.00. The Kier molecular flexibility index (Phi) is 6.30. The van der Waals surface area contributed by atoms with Crippen LogP contribution in [-0.2, 0) is 11.8 Å². The smallest absolute Gasteiger partial charge is 0.251 e. The predicted molar refractivity (Wildman–Crippen MR) is 121 cm³/mol. The molecule has 1 aliphatic heterocycles. The van der Waals surface area contributed by atoms with E-state index < -0.39 is 0 Å². The van der Waals surface area contributed by atoms with E-state index in [2.05, 4.69) is 35.0 Å². The highest BCUT2D eigenvalue weighted by molar-refractivity contribution is 5.94. The molecule has 0 atom stereocenters. The van der Waals surface area contributed by atoms with Gasteiger partial charge in [-0.2, -0.15) is 0 Å². The number of benzene rings is 2. The van der Waals surface area contributed by atoms with Gasteiger partial charge in [-0.05, 0) is 61.6 Å². The van der Waals surface area contributed by atoms with E-state index in [0.717, 1.165) is 61.9 Å². The second kappa shape index (κ2) is 9.29. The molecule has 2 aromatic carbocycles. The van der Waals surface area contributed by atoms with E-state index in [1.807, 2.05) is 30.3 Å². The standard InChI is InChI=1S/C24H30N4O3/c1-3-26-23(27-12-9-17-5-4-6-18(13-17)22(29)25-2)28-15-24(10-11-24)19-7-8-20-21(14-19)31-16-30-20/h4-8,13-14H,3,9-12,15-16H2,1-2H3,(H,25,29)(H2,26,27,28). The number of hydrogen-bond donors (Lipinski definition) is 3. The van der Waals surface area contributed by atoms with E-state index in [-0.39, 0.29) is 11.3 Å². The molecule has 2 aliphatic rings. The van der Waals surface area contributed by atoms with Crippen molar-refractivity contribution in [2.45, 2.75) is 31.6 Å². The highest BCUT2D eigenvalue weighted by atomic mass is 16.7. The highest BCUT2D eigenvalue weighted by Gasteiger charge is 2.44. The Morgan fingerprint density at radius 2 is 1.94 bits per heavy atom. The molecule has 31 heavy (non-hydrogen) atoms. The van der Waals surface area contributed by atoms with Gasteiger partial charge in [-0.25, -0.2) is 0 Å². The second-order valence-corrected chi connectivity index (χ2v) is 8.00. The first-order valence-corrected chi connectivity index (χ1v) is 10.9. The van der Waals surface area contributed by atoms with Crippen molar-refractivity contribution in [1.29, 1.82) is 0 Å². The summed E-state index contributed by atoms with van der Waals surface area (Å²) in [6.07, 6.45) is 3.06. The van der Waals surface area contributed by atoms with Crippen molar-refractivity contribution in [2.24, 2.45) is 4.99 Å². The number of hydrogen-bond acceptors (Lipinski definition) is 4. The molecule has 0 saturated heterocycles. The number of nitrogens with one attached hydrogen (secondary N) is 3. The molecule has 0 spiro atoms. The lowest BCUT2D eigenvalue weighted by Gasteiger charge is -2.16. The fourth-order valence-corrected chi connectivity index (χ4v) is 3.83. The van der Waals surface area contributed by atoms with Gasteiger partial charge in [0.2, 0.25) is 6.79 Å². The minimum atomic E-state index is -0.0667. The van der Waals surface area contributed by atoms with Crippen LogP contribution in [0.5, 0.6) is 11.5 Å². The number of fused-ring (bicyclic) bond motifs is 1. The third kappa shape index (κ3) is 4.93. The number of amides is 1. The van der Waals surface area contributed by atoms with Crippen molar-refractivity contribution in [2.75, 3.05) is 33.5 Å². The van der Waals surface area contributed by atoms with Gasteiger partial charge in [-0.3, -0.25) is 9.79 Å². The Labute approximate surface area is 183 Å². The fourth-order valence-electron chi connectivity index (χ4n) is 3.83. The lowest BCUT2D eigenvalue weighted by molar-refractivity contribution is 0.0963. The van der Waals surface area contributed by atoms with Crippen LogP contribution in [0.4, 0.5) is 0 Å². The van der Waals surface area contributed by atoms with Crippen molar-refractivity contribution in [1.82, 2.24) is 16.0 Å². The number of guanidine groups is 1. The average molecular weight is 423 g/mol. The van der Waals surface area contributed by atoms with Crippen molar-refractivity contribution in [3.63, 3.8) is 0 Å². The largest absolute Gasteiger partial charge is 0.454 e. The highest BCUT2D eigenvalue weighted by Crippen LogP contribution is 2.50. The molecule has 7 nitrogen and oxygen atoms in total. The van der Waals surface area contributed by atoms with Crippen LogP contribution >= 0.6 is 0 Å². The number of nitrogens with zero attached hydrogens (tertiary/aromatic N) is 1. The molecule has 1 aliphatic carbocycles. The molecule has 0 radical (unpaired) electrons. The van der Waals surface area contributed by atoms with Crippen molar-refractivity contribution in [3.8, 4) is 11.5 Å². The quantitative estimate of drug-likeness (QED) is 0.450. The third-order valence-electron chi connectivity index (χ3n) is 5.84. The van der Waals surface area contributed by atoms with Gasteiger partial charge in [0.15, 0.2) is 17.5 Å². The molecule has 0 bridgehead atoms. The average Bonchev–Trinajstić information content (AvgIpc) is 3.45. The summed E-state index contributed by atoms with van der Waals surface area (Å²) in [5.41, 5.74) is 3.15. The number of rotatable bonds is 8. The predicted octanol–water partition coefficient (Wildman–Crippen LogP) is 2.60. The number of carbonyl (C=O) groups is 1. The van der Waals surface area contributed by atoms with Gasteiger partial charge in [0.25, 0.3) is 5.91 Å². The summed E-state index contributed by atoms with van der Waals surface area (Å²) in [5.74, 6) is 2.40. The normalized spacial score (nSPS) is 16.0. The Morgan fingerprint density at radius 1 is 1.10 bits per heavy atom. The van der Waals surface area contributed by atoms with Crippen LogP contribution in [0.3, 0.4) is 0 Å². The first-order valence-electron chi connectivity index (χ1n) is 10.9. The van der Waals surface area contributed by atoms with Crippen molar-refractivity contribution < 1.29 is 14.3 Å². The lowest BCUT2D eigenvalue weighted by Crippen LogP contribution is -2.39. The molecule has 3 N–H and O–H groups in total. The van der Waals surface area contributed by atoms with Gasteiger partial charge in [0.05, 0.1) is 6.54 Å². The van der Waals surface area contributed by atoms with E-state index in [1.165, 1.54) is 5.56 Å². The maximum atomic E-state index is 11.8. The van der Waals surface area contributed by atoms with Gasteiger partial charge in [-0.15, -0.1) is 0 Å². The summed E-state index contributed by atoms with van der Waals surface area (Å²) in [6, 6.07) is 14.0. The van der Waals surface area contributed by atoms with Crippen LogP contribution < -0.4 is 25.4 Å². The Hall–Kier alpha value is -3.22. The van der Waals surface area contributed by atoms with Crippen LogP contribution in [-0.4, -0.2) is 45.3 Å². The van der Waals surface area contributed by atoms with Gasteiger partial charge in [0, 0.05) is 31.1 Å². The fraction of sp³-hybridized carbons (Fsp3) is 0.417. The topological polar surface area (TPSA) is 84.0 Å². The van der Waals surface area contributed by atoms with Crippen LogP contribution in [0.2, 0.25) is 0 Å². The van der Waals surface area contributed by atoms with Gasteiger partial charge in [0.1, 0.15) is 0 Å². The number of aliphatic imine (C=N–C) groups is 1. The number of ether oxygens (including phenoxy) is 2. The maximum absolute atomic E-state index is 11.8. The van der Waals surface area contributed by atoms with Gasteiger partial charge >= 0.3 is 0 Å². The van der Waals surface area contributed by atoms with E-state index >= 15 is 0 Å². The first-order chi connectivity index (χ1) is 15.1. The molecule has 1 heterocycles. The van der Waals surface area contributed by atoms with Gasteiger partial charge in [-0.1, -0.05) is 18.2 Å². The molecular formula is C24H30N4O3. The maximum Gasteiger partial charge on any atom is 0.251 e. The molecule has 0 unspecified atom stereocenters. The molecule has 0 aromatic heterocycles. The van der Waals surface area contributed by atoms with Crippen molar-refractivity contribution >= 4 is 11.9 Å². The zero-order valence-electron chi connectivity index (χ0n) is 18.2. The molecule has 4 rings (SSSR count). The SMILES string of the molecule is CCNC(=NCC1(c2ccc3c(c2)OCO3)CC1)NCCc1cccc(C(=O)NC)c1. The zero-order valence-corrected chi connectivity index (χ0v) is 18.2. The molecule has 164 valence electrons. The van der Waals surface area contributed by atoms with E-state index in [9.17, 15) is 4.79 Å². The Balaban J connectivity index is 1.36. The van der Waals surface area contributed by atoms with Crippen LogP contribution in [0.1, 0.15) is 41.3 Å². The van der Waals surface area contributed by atoms with Crippen LogP contribution in [0, 0.1) is 0 Å². The Bertz CT molecular complexity index is 969. The molecule has 1 saturated carbocycles. The molecular weight excluding hydrogens is 392 g/mol. The van der Waals surface area contributed by atoms with Crippen LogP contribution in [0.25, 0.3) is 0 Å². The molecule has 2 aromatic rings. The Morgan fingerprint density at radius 3 is 2.71 bits per heavy atom. The third-order valence-corrected chi connectivity index (χ3v) is 5.84. The van der Waals surface area contributed by atoms with Crippen LogP contribution in [0.15, 0.2) is 47.5 Å². The molecule has 1 fully saturated rings. The van der Waals surface area contributed by atoms with E-state index in [4.69, 9.17) is 14.5 Å². The summed E-state index contributed by atoms with van der Waals surface area (Å²) >= 11 is 0. The summed E-state index contributed by atoms with van der Waals surface area (Å²) in [6.45, 7) is 4.63.